The zero-order valence-corrected chi connectivity index (χ0v) is 17.0. The smallest absolute Gasteiger partial charge is 0.269 e. The van der Waals surface area contributed by atoms with Gasteiger partial charge in [0.1, 0.15) is 17.9 Å². The van der Waals surface area contributed by atoms with Crippen LogP contribution in [0.2, 0.25) is 10.0 Å². The van der Waals surface area contributed by atoms with Gasteiger partial charge in [0.05, 0.1) is 21.7 Å². The second kappa shape index (κ2) is 9.47. The van der Waals surface area contributed by atoms with E-state index in [0.717, 1.165) is 0 Å². The average Bonchev–Trinajstić information content (AvgIpc) is 2.68. The topological polar surface area (TPSA) is 134 Å². The first kappa shape index (κ1) is 22.3. The molecule has 0 radical (unpaired) electrons. The van der Waals surface area contributed by atoms with Crippen molar-refractivity contribution in [3.05, 3.63) is 57.1 Å². The molecule has 2 amide bonds. The van der Waals surface area contributed by atoms with Gasteiger partial charge in [0, 0.05) is 11.3 Å². The Labute approximate surface area is 177 Å². The van der Waals surface area contributed by atoms with E-state index in [1.165, 1.54) is 31.2 Å². The standard InChI is InChI=1S/C19H18Cl2N4O4/c1-9-14(5-3-12(8-22)16(9)21)23-17(10(2)26)19(29)25-24-18(28)11-4-6-15(27)13(20)7-11/h3-7,10,17,23,26-27H,1-2H3,(H,24,28)(H,25,29). The van der Waals surface area contributed by atoms with Gasteiger partial charge in [0.15, 0.2) is 0 Å². The van der Waals surface area contributed by atoms with Crippen LogP contribution in [0, 0.1) is 18.3 Å². The van der Waals surface area contributed by atoms with Gasteiger partial charge >= 0.3 is 0 Å². The lowest BCUT2D eigenvalue weighted by atomic mass is 10.1. The molecule has 152 valence electrons. The molecule has 0 aliphatic heterocycles. The molecule has 0 aliphatic carbocycles. The lowest BCUT2D eigenvalue weighted by Crippen LogP contribution is -2.52. The number of halogens is 2. The lowest BCUT2D eigenvalue weighted by Gasteiger charge is -2.23. The highest BCUT2D eigenvalue weighted by Gasteiger charge is 2.25. The van der Waals surface area contributed by atoms with Crippen molar-refractivity contribution in [3.63, 3.8) is 0 Å². The zero-order valence-electron chi connectivity index (χ0n) is 15.5. The minimum atomic E-state index is -1.12. The fourth-order valence-corrected chi connectivity index (χ4v) is 2.80. The summed E-state index contributed by atoms with van der Waals surface area (Å²) in [5.74, 6) is -1.55. The van der Waals surface area contributed by atoms with E-state index in [2.05, 4.69) is 16.2 Å². The van der Waals surface area contributed by atoms with E-state index in [1.807, 2.05) is 6.07 Å². The van der Waals surface area contributed by atoms with E-state index >= 15 is 0 Å². The van der Waals surface area contributed by atoms with Crippen LogP contribution in [-0.4, -0.2) is 34.2 Å². The van der Waals surface area contributed by atoms with Crippen LogP contribution in [0.1, 0.15) is 28.4 Å². The molecule has 2 aromatic carbocycles. The second-order valence-corrected chi connectivity index (χ2v) is 6.97. The lowest BCUT2D eigenvalue weighted by molar-refractivity contribution is -0.124. The number of benzene rings is 2. The number of phenolic OH excluding ortho intramolecular Hbond substituents is 1. The van der Waals surface area contributed by atoms with E-state index in [1.54, 1.807) is 13.0 Å². The number of nitrogens with zero attached hydrogens (tertiary/aromatic N) is 1. The van der Waals surface area contributed by atoms with Crippen molar-refractivity contribution in [3.8, 4) is 11.8 Å². The van der Waals surface area contributed by atoms with Crippen molar-refractivity contribution in [2.24, 2.45) is 0 Å². The van der Waals surface area contributed by atoms with Gasteiger partial charge in [-0.25, -0.2) is 0 Å². The molecule has 0 saturated heterocycles. The van der Waals surface area contributed by atoms with Gasteiger partial charge in [-0.1, -0.05) is 23.2 Å². The molecule has 0 aliphatic rings. The van der Waals surface area contributed by atoms with E-state index in [0.29, 0.717) is 11.3 Å². The fourth-order valence-electron chi connectivity index (χ4n) is 2.42. The van der Waals surface area contributed by atoms with Gasteiger partial charge < -0.3 is 15.5 Å². The number of aliphatic hydroxyl groups excluding tert-OH is 1. The van der Waals surface area contributed by atoms with Crippen molar-refractivity contribution < 1.29 is 19.8 Å². The van der Waals surface area contributed by atoms with Gasteiger partial charge in [-0.3, -0.25) is 20.4 Å². The molecule has 5 N–H and O–H groups in total. The number of carbonyl (C=O) groups is 2. The van der Waals surface area contributed by atoms with E-state index in [4.69, 9.17) is 28.5 Å². The van der Waals surface area contributed by atoms with Crippen LogP contribution in [-0.2, 0) is 4.79 Å². The Morgan fingerprint density at radius 1 is 1.17 bits per heavy atom. The van der Waals surface area contributed by atoms with Crippen molar-refractivity contribution in [2.75, 3.05) is 5.32 Å². The summed E-state index contributed by atoms with van der Waals surface area (Å²) >= 11 is 11.9. The highest BCUT2D eigenvalue weighted by atomic mass is 35.5. The fraction of sp³-hybridized carbons (Fsp3) is 0.211. The Morgan fingerprint density at radius 3 is 2.45 bits per heavy atom. The predicted octanol–water partition coefficient (Wildman–Crippen LogP) is 2.50. The van der Waals surface area contributed by atoms with E-state index in [-0.39, 0.29) is 26.9 Å². The summed E-state index contributed by atoms with van der Waals surface area (Å²) in [6, 6.07) is 7.71. The first-order chi connectivity index (χ1) is 13.6. The molecule has 2 aromatic rings. The van der Waals surface area contributed by atoms with Crippen LogP contribution in [0.15, 0.2) is 30.3 Å². The van der Waals surface area contributed by atoms with Gasteiger partial charge in [-0.05, 0) is 49.7 Å². The number of hydrogen-bond acceptors (Lipinski definition) is 6. The molecule has 29 heavy (non-hydrogen) atoms. The normalized spacial score (nSPS) is 12.4. The summed E-state index contributed by atoms with van der Waals surface area (Å²) in [6.07, 6.45) is -1.12. The van der Waals surface area contributed by atoms with Crippen molar-refractivity contribution in [1.29, 1.82) is 5.26 Å². The molecular formula is C19H18Cl2N4O4. The number of nitrogens with one attached hydrogen (secondary N) is 3. The Bertz CT molecular complexity index is 989. The summed E-state index contributed by atoms with van der Waals surface area (Å²) in [6.45, 7) is 3.07. The monoisotopic (exact) mass is 436 g/mol. The largest absolute Gasteiger partial charge is 0.506 e. The summed E-state index contributed by atoms with van der Waals surface area (Å²) in [4.78, 5) is 24.6. The third-order valence-corrected chi connectivity index (χ3v) is 4.88. The van der Waals surface area contributed by atoms with Crippen LogP contribution in [0.25, 0.3) is 0 Å². The number of amides is 2. The summed E-state index contributed by atoms with van der Waals surface area (Å²) in [7, 11) is 0. The molecule has 2 unspecified atom stereocenters. The molecule has 0 aromatic heterocycles. The van der Waals surface area contributed by atoms with Crippen molar-refractivity contribution in [2.45, 2.75) is 26.0 Å². The van der Waals surface area contributed by atoms with Gasteiger partial charge in [0.2, 0.25) is 0 Å². The first-order valence-corrected chi connectivity index (χ1v) is 9.13. The number of anilines is 1. The van der Waals surface area contributed by atoms with Crippen LogP contribution in [0.4, 0.5) is 5.69 Å². The SMILES string of the molecule is Cc1c(NC(C(=O)NNC(=O)c2ccc(O)c(Cl)c2)C(C)O)ccc(C#N)c1Cl. The zero-order chi connectivity index (χ0) is 21.7. The summed E-state index contributed by atoms with van der Waals surface area (Å²) < 4.78 is 0. The number of nitriles is 1. The number of aromatic hydroxyl groups is 1. The number of phenols is 1. The number of hydrazine groups is 1. The minimum Gasteiger partial charge on any atom is -0.506 e. The Hall–Kier alpha value is -2.99. The molecule has 0 bridgehead atoms. The van der Waals surface area contributed by atoms with Gasteiger partial charge in [-0.2, -0.15) is 5.26 Å². The second-order valence-electron chi connectivity index (χ2n) is 6.18. The number of hydrogen-bond donors (Lipinski definition) is 5. The highest BCUT2D eigenvalue weighted by Crippen LogP contribution is 2.28. The molecule has 0 saturated carbocycles. The van der Waals surface area contributed by atoms with Crippen LogP contribution < -0.4 is 16.2 Å². The molecule has 10 heteroatoms. The number of aliphatic hydroxyl groups is 1. The quantitative estimate of drug-likeness (QED) is 0.457. The third kappa shape index (κ3) is 5.29. The Kier molecular flexibility index (Phi) is 7.29. The molecule has 0 spiro atoms. The van der Waals surface area contributed by atoms with Gasteiger partial charge in [0.25, 0.3) is 11.8 Å². The van der Waals surface area contributed by atoms with Crippen molar-refractivity contribution >= 4 is 40.7 Å². The number of rotatable bonds is 5. The number of carbonyl (C=O) groups excluding carboxylic acids is 2. The molecular weight excluding hydrogens is 419 g/mol. The van der Waals surface area contributed by atoms with E-state index < -0.39 is 24.0 Å². The average molecular weight is 437 g/mol. The van der Waals surface area contributed by atoms with Crippen LogP contribution in [0.3, 0.4) is 0 Å². The molecule has 0 heterocycles. The van der Waals surface area contributed by atoms with Crippen molar-refractivity contribution in [1.82, 2.24) is 10.9 Å². The molecule has 0 fully saturated rings. The molecule has 8 nitrogen and oxygen atoms in total. The van der Waals surface area contributed by atoms with Crippen LogP contribution >= 0.6 is 23.2 Å². The predicted molar refractivity (Wildman–Crippen MR) is 109 cm³/mol. The Balaban J connectivity index is 2.10. The molecule has 2 rings (SSSR count). The Morgan fingerprint density at radius 2 is 1.86 bits per heavy atom. The highest BCUT2D eigenvalue weighted by molar-refractivity contribution is 6.33. The van der Waals surface area contributed by atoms with Crippen LogP contribution in [0.5, 0.6) is 5.75 Å². The maximum absolute atomic E-state index is 12.5. The van der Waals surface area contributed by atoms with Gasteiger partial charge in [-0.15, -0.1) is 0 Å². The van der Waals surface area contributed by atoms with E-state index in [9.17, 15) is 19.8 Å². The molecule has 2 atom stereocenters. The maximum Gasteiger partial charge on any atom is 0.269 e. The summed E-state index contributed by atoms with van der Waals surface area (Å²) in [5, 5.41) is 31.5. The maximum atomic E-state index is 12.5. The minimum absolute atomic E-state index is 0.0133. The first-order valence-electron chi connectivity index (χ1n) is 8.38. The third-order valence-electron chi connectivity index (χ3n) is 4.09. The summed E-state index contributed by atoms with van der Waals surface area (Å²) in [5.41, 5.74) is 5.82.